The van der Waals surface area contributed by atoms with Crippen LogP contribution in [0.15, 0.2) is 18.2 Å². The number of rotatable bonds is 3. The first-order valence-electron chi connectivity index (χ1n) is 6.92. The Hall–Kier alpha value is -0.820. The molecule has 1 nitrogen and oxygen atoms in total. The molecule has 1 atom stereocenters. The molecule has 0 bridgehead atoms. The van der Waals surface area contributed by atoms with Gasteiger partial charge in [0.2, 0.25) is 0 Å². The van der Waals surface area contributed by atoms with E-state index in [0.717, 1.165) is 0 Å². The molecule has 17 heavy (non-hydrogen) atoms. The van der Waals surface area contributed by atoms with Crippen LogP contribution in [0.25, 0.3) is 0 Å². The van der Waals surface area contributed by atoms with Crippen molar-refractivity contribution in [1.82, 2.24) is 0 Å². The molecule has 1 saturated carbocycles. The summed E-state index contributed by atoms with van der Waals surface area (Å²) in [6.45, 7) is 6.64. The van der Waals surface area contributed by atoms with Crippen LogP contribution >= 0.6 is 0 Å². The standard InChI is InChI=1S/C16H25N/c1-4-16(9-5-6-10-16)15(17)14-8-7-12(2)11-13(14)3/h7-8,11,15H,4-6,9-10,17H2,1-3H3. The average Bonchev–Trinajstić information content (AvgIpc) is 2.78. The van der Waals surface area contributed by atoms with E-state index in [1.54, 1.807) is 0 Å². The number of benzene rings is 1. The van der Waals surface area contributed by atoms with Crippen LogP contribution in [0.1, 0.15) is 61.8 Å². The molecule has 0 radical (unpaired) electrons. The van der Waals surface area contributed by atoms with E-state index in [4.69, 9.17) is 5.73 Å². The van der Waals surface area contributed by atoms with Crippen molar-refractivity contribution in [1.29, 1.82) is 0 Å². The minimum Gasteiger partial charge on any atom is -0.323 e. The number of hydrogen-bond donors (Lipinski definition) is 1. The van der Waals surface area contributed by atoms with Gasteiger partial charge >= 0.3 is 0 Å². The normalized spacial score (nSPS) is 20.5. The van der Waals surface area contributed by atoms with Gasteiger partial charge in [-0.15, -0.1) is 0 Å². The van der Waals surface area contributed by atoms with E-state index in [1.807, 2.05) is 0 Å². The van der Waals surface area contributed by atoms with E-state index in [1.165, 1.54) is 48.8 Å². The summed E-state index contributed by atoms with van der Waals surface area (Å²) in [6.07, 6.45) is 6.52. The van der Waals surface area contributed by atoms with Crippen LogP contribution in [0, 0.1) is 19.3 Å². The third-order valence-corrected chi connectivity index (χ3v) is 4.72. The van der Waals surface area contributed by atoms with E-state index in [-0.39, 0.29) is 6.04 Å². The second kappa shape index (κ2) is 4.81. The molecule has 1 fully saturated rings. The molecule has 0 amide bonds. The Morgan fingerprint density at radius 3 is 2.41 bits per heavy atom. The molecule has 1 aromatic carbocycles. The molecule has 1 aliphatic carbocycles. The SMILES string of the molecule is CCC1(C(N)c2ccc(C)cc2C)CCCC1. The zero-order valence-corrected chi connectivity index (χ0v) is 11.4. The van der Waals surface area contributed by atoms with Crippen molar-refractivity contribution in [2.45, 2.75) is 58.9 Å². The molecule has 2 N–H and O–H groups in total. The Labute approximate surface area is 105 Å². The third kappa shape index (κ3) is 2.26. The van der Waals surface area contributed by atoms with Crippen LogP contribution in [-0.4, -0.2) is 0 Å². The van der Waals surface area contributed by atoms with Gasteiger partial charge in [0.15, 0.2) is 0 Å². The Kier molecular flexibility index (Phi) is 3.58. The second-order valence-corrected chi connectivity index (χ2v) is 5.76. The summed E-state index contributed by atoms with van der Waals surface area (Å²) in [5.74, 6) is 0. The molecular weight excluding hydrogens is 206 g/mol. The molecule has 0 aromatic heterocycles. The fourth-order valence-electron chi connectivity index (χ4n) is 3.47. The molecule has 2 rings (SSSR count). The van der Waals surface area contributed by atoms with Crippen molar-refractivity contribution < 1.29 is 0 Å². The highest BCUT2D eigenvalue weighted by Crippen LogP contribution is 2.49. The molecule has 1 unspecified atom stereocenters. The van der Waals surface area contributed by atoms with Crippen molar-refractivity contribution >= 4 is 0 Å². The minimum absolute atomic E-state index is 0.218. The summed E-state index contributed by atoms with van der Waals surface area (Å²) in [6, 6.07) is 6.91. The zero-order valence-electron chi connectivity index (χ0n) is 11.4. The van der Waals surface area contributed by atoms with Gasteiger partial charge in [0.05, 0.1) is 0 Å². The van der Waals surface area contributed by atoms with Crippen LogP contribution in [-0.2, 0) is 0 Å². The Morgan fingerprint density at radius 2 is 1.88 bits per heavy atom. The van der Waals surface area contributed by atoms with Gasteiger partial charge in [0, 0.05) is 6.04 Å². The number of nitrogens with two attached hydrogens (primary N) is 1. The fraction of sp³-hybridized carbons (Fsp3) is 0.625. The lowest BCUT2D eigenvalue weighted by atomic mass is 9.73. The molecule has 1 heteroatoms. The van der Waals surface area contributed by atoms with E-state index in [9.17, 15) is 0 Å². The second-order valence-electron chi connectivity index (χ2n) is 5.76. The van der Waals surface area contributed by atoms with E-state index < -0.39 is 0 Å². The monoisotopic (exact) mass is 231 g/mol. The lowest BCUT2D eigenvalue weighted by Crippen LogP contribution is -2.32. The number of hydrogen-bond acceptors (Lipinski definition) is 1. The van der Waals surface area contributed by atoms with Crippen LogP contribution in [0.2, 0.25) is 0 Å². The van der Waals surface area contributed by atoms with Crippen molar-refractivity contribution in [3.8, 4) is 0 Å². The van der Waals surface area contributed by atoms with Gasteiger partial charge in [-0.2, -0.15) is 0 Å². The zero-order chi connectivity index (χ0) is 12.5. The molecule has 94 valence electrons. The maximum atomic E-state index is 6.60. The lowest BCUT2D eigenvalue weighted by molar-refractivity contribution is 0.221. The van der Waals surface area contributed by atoms with Crippen molar-refractivity contribution in [2.75, 3.05) is 0 Å². The first kappa shape index (κ1) is 12.6. The fourth-order valence-corrected chi connectivity index (χ4v) is 3.47. The van der Waals surface area contributed by atoms with Gasteiger partial charge < -0.3 is 5.73 Å². The van der Waals surface area contributed by atoms with E-state index >= 15 is 0 Å². The summed E-state index contributed by atoms with van der Waals surface area (Å²) >= 11 is 0. The maximum Gasteiger partial charge on any atom is 0.0354 e. The quantitative estimate of drug-likeness (QED) is 0.826. The van der Waals surface area contributed by atoms with Crippen LogP contribution in [0.4, 0.5) is 0 Å². The summed E-state index contributed by atoms with van der Waals surface area (Å²) in [7, 11) is 0. The molecule has 1 aromatic rings. The molecule has 0 heterocycles. The molecule has 0 spiro atoms. The summed E-state index contributed by atoms with van der Waals surface area (Å²) in [5.41, 5.74) is 11.0. The highest BCUT2D eigenvalue weighted by Gasteiger charge is 2.38. The predicted octanol–water partition coefficient (Wildman–Crippen LogP) is 4.27. The van der Waals surface area contributed by atoms with Crippen molar-refractivity contribution in [2.24, 2.45) is 11.1 Å². The van der Waals surface area contributed by atoms with Gasteiger partial charge in [-0.05, 0) is 49.7 Å². The number of aryl methyl sites for hydroxylation is 2. The average molecular weight is 231 g/mol. The summed E-state index contributed by atoms with van der Waals surface area (Å²) in [5, 5.41) is 0. The molecule has 1 aliphatic rings. The van der Waals surface area contributed by atoms with Gasteiger partial charge in [-0.25, -0.2) is 0 Å². The Balaban J connectivity index is 2.32. The van der Waals surface area contributed by atoms with Crippen LogP contribution in [0.5, 0.6) is 0 Å². The lowest BCUT2D eigenvalue weighted by Gasteiger charge is -2.35. The van der Waals surface area contributed by atoms with Gasteiger partial charge in [0.25, 0.3) is 0 Å². The van der Waals surface area contributed by atoms with Crippen LogP contribution in [0.3, 0.4) is 0 Å². The minimum atomic E-state index is 0.218. The molecular formula is C16H25N. The Morgan fingerprint density at radius 1 is 1.24 bits per heavy atom. The summed E-state index contributed by atoms with van der Waals surface area (Å²) in [4.78, 5) is 0. The van der Waals surface area contributed by atoms with Gasteiger partial charge in [-0.3, -0.25) is 0 Å². The van der Waals surface area contributed by atoms with Gasteiger partial charge in [-0.1, -0.05) is 43.5 Å². The first-order valence-corrected chi connectivity index (χ1v) is 6.92. The molecule has 0 saturated heterocycles. The largest absolute Gasteiger partial charge is 0.323 e. The predicted molar refractivity (Wildman–Crippen MR) is 74.0 cm³/mol. The Bertz CT molecular complexity index is 389. The smallest absolute Gasteiger partial charge is 0.0354 e. The molecule has 0 aliphatic heterocycles. The van der Waals surface area contributed by atoms with Crippen molar-refractivity contribution in [3.63, 3.8) is 0 Å². The van der Waals surface area contributed by atoms with Crippen LogP contribution < -0.4 is 5.73 Å². The highest BCUT2D eigenvalue weighted by molar-refractivity contribution is 5.34. The van der Waals surface area contributed by atoms with E-state index in [0.29, 0.717) is 5.41 Å². The van der Waals surface area contributed by atoms with Crippen molar-refractivity contribution in [3.05, 3.63) is 34.9 Å². The topological polar surface area (TPSA) is 26.0 Å². The summed E-state index contributed by atoms with van der Waals surface area (Å²) < 4.78 is 0. The highest BCUT2D eigenvalue weighted by atomic mass is 14.7. The van der Waals surface area contributed by atoms with E-state index in [2.05, 4.69) is 39.0 Å². The first-order chi connectivity index (χ1) is 8.09. The third-order valence-electron chi connectivity index (χ3n) is 4.72. The van der Waals surface area contributed by atoms with Gasteiger partial charge in [0.1, 0.15) is 0 Å². The maximum absolute atomic E-state index is 6.60.